The van der Waals surface area contributed by atoms with E-state index in [2.05, 4.69) is 25.1 Å². The summed E-state index contributed by atoms with van der Waals surface area (Å²) in [5.41, 5.74) is 5.69. The van der Waals surface area contributed by atoms with Gasteiger partial charge in [-0.15, -0.1) is 0 Å². The summed E-state index contributed by atoms with van der Waals surface area (Å²) in [5, 5.41) is 4.86. The molecule has 40 heavy (non-hydrogen) atoms. The minimum atomic E-state index is -4.81. The van der Waals surface area contributed by atoms with Gasteiger partial charge in [-0.25, -0.2) is 25.1 Å². The largest absolute Gasteiger partial charge is 0.464 e. The highest BCUT2D eigenvalue weighted by molar-refractivity contribution is 7.59. The van der Waals surface area contributed by atoms with Gasteiger partial charge in [-0.2, -0.15) is 13.2 Å². The van der Waals surface area contributed by atoms with Crippen LogP contribution in [0.25, 0.3) is 11.2 Å². The summed E-state index contributed by atoms with van der Waals surface area (Å²) in [6.07, 6.45) is -2.81. The fourth-order valence-corrected chi connectivity index (χ4v) is 6.25. The highest BCUT2D eigenvalue weighted by atomic mass is 31.2. The highest BCUT2D eigenvalue weighted by Crippen LogP contribution is 2.46. The number of nitrogens with zero attached hydrogens (tertiary/aromatic N) is 4. The zero-order valence-corrected chi connectivity index (χ0v) is 23.9. The maximum atomic E-state index is 14.3. The molecule has 0 saturated carbocycles. The van der Waals surface area contributed by atoms with Crippen LogP contribution in [0.1, 0.15) is 51.3 Å². The Kier molecular flexibility index (Phi) is 9.94. The molecule has 0 bridgehead atoms. The number of imidazole rings is 1. The summed E-state index contributed by atoms with van der Waals surface area (Å²) in [4.78, 5) is 24.9. The van der Waals surface area contributed by atoms with Crippen LogP contribution in [0.15, 0.2) is 36.9 Å². The van der Waals surface area contributed by atoms with E-state index >= 15 is 0 Å². The van der Waals surface area contributed by atoms with Crippen LogP contribution in [0.5, 0.6) is 0 Å². The number of ether oxygens (including phenoxy) is 2. The van der Waals surface area contributed by atoms with E-state index < -0.39 is 43.6 Å². The maximum Gasteiger partial charge on any atom is 0.408 e. The number of benzene rings is 1. The van der Waals surface area contributed by atoms with Crippen LogP contribution in [0.4, 0.5) is 19.0 Å². The van der Waals surface area contributed by atoms with Crippen LogP contribution in [0.3, 0.4) is 0 Å². The number of hydrogen-bond donors (Lipinski definition) is 3. The fourth-order valence-electron chi connectivity index (χ4n) is 3.87. The van der Waals surface area contributed by atoms with Gasteiger partial charge in [0.1, 0.15) is 29.8 Å². The van der Waals surface area contributed by atoms with E-state index in [1.54, 1.807) is 25.3 Å². The van der Waals surface area contributed by atoms with Crippen molar-refractivity contribution in [2.75, 3.05) is 18.7 Å². The quantitative estimate of drug-likeness (QED) is 0.194. The fraction of sp³-hybridized carbons (Fsp3) is 0.520. The molecule has 0 aliphatic carbocycles. The molecule has 1 aromatic carbocycles. The number of nitrogens with two attached hydrogens (primary N) is 1. The first kappa shape index (κ1) is 31.5. The smallest absolute Gasteiger partial charge is 0.408 e. The molecule has 0 radical (unpaired) electrons. The Balaban J connectivity index is 1.86. The lowest BCUT2D eigenvalue weighted by molar-refractivity contribution is -0.153. The molecule has 3 rings (SSSR count). The lowest BCUT2D eigenvalue weighted by Crippen LogP contribution is -2.50. The molecule has 4 N–H and O–H groups in total. The highest BCUT2D eigenvalue weighted by Gasteiger charge is 2.47. The molecule has 0 unspecified atom stereocenters. The predicted molar refractivity (Wildman–Crippen MR) is 144 cm³/mol. The number of esters is 1. The van der Waals surface area contributed by atoms with Crippen molar-refractivity contribution in [3.63, 3.8) is 0 Å². The number of aromatic nitrogens is 4. The number of halogens is 3. The molecule has 2 aromatic heterocycles. The van der Waals surface area contributed by atoms with Crippen LogP contribution in [0.2, 0.25) is 0 Å². The van der Waals surface area contributed by atoms with E-state index in [1.807, 2.05) is 0 Å². The molecule has 0 fully saturated rings. The van der Waals surface area contributed by atoms with Crippen LogP contribution >= 0.6 is 7.44 Å². The van der Waals surface area contributed by atoms with Crippen LogP contribution in [-0.4, -0.2) is 56.3 Å². The third kappa shape index (κ3) is 8.00. The van der Waals surface area contributed by atoms with Gasteiger partial charge in [-0.05, 0) is 39.7 Å². The average Bonchev–Trinajstić information content (AvgIpc) is 3.28. The number of anilines is 1. The Bertz CT molecular complexity index is 1350. The zero-order chi connectivity index (χ0) is 29.7. The number of carbonyl (C=O) groups is 1. The second-order valence-corrected chi connectivity index (χ2v) is 12.3. The number of alkyl halides is 3. The Hall–Kier alpha value is -3.06. The van der Waals surface area contributed by atoms with Gasteiger partial charge in [0.15, 0.2) is 11.5 Å². The van der Waals surface area contributed by atoms with E-state index in [0.717, 1.165) is 5.56 Å². The molecule has 0 amide bonds. The van der Waals surface area contributed by atoms with Crippen LogP contribution < -0.4 is 15.9 Å². The molecule has 0 aliphatic heterocycles. The first-order valence-electron chi connectivity index (χ1n) is 12.6. The van der Waals surface area contributed by atoms with Crippen molar-refractivity contribution in [2.45, 2.75) is 71.4 Å². The standard InChI is InChI=1S/C25H35F3N7O4P/c1-6-11-38-23(36)24(4,5)34-40(37,33-20(25(26,27)28)18-9-7-16(2)8-10-18)15-39-17(3)12-35-14-32-19-21(29)30-13-31-22(19)35/h7-10,13-14,17,20H,6,11-12,15H2,1-5H3,(H2,29,30,31)(H2,33,34,37)/t17-,20-,40-/m1/s1. The van der Waals surface area contributed by atoms with E-state index in [9.17, 15) is 22.5 Å². The second-order valence-electron chi connectivity index (χ2n) is 10.1. The van der Waals surface area contributed by atoms with Crippen molar-refractivity contribution in [1.29, 1.82) is 0 Å². The number of aryl methyl sites for hydroxylation is 1. The van der Waals surface area contributed by atoms with Crippen molar-refractivity contribution in [2.24, 2.45) is 0 Å². The van der Waals surface area contributed by atoms with Gasteiger partial charge in [0.25, 0.3) is 0 Å². The van der Waals surface area contributed by atoms with Gasteiger partial charge >= 0.3 is 12.1 Å². The molecule has 3 atom stereocenters. The molecule has 3 aromatic rings. The van der Waals surface area contributed by atoms with Crippen molar-refractivity contribution in [3.05, 3.63) is 48.0 Å². The summed E-state index contributed by atoms with van der Waals surface area (Å²) in [7, 11) is -4.27. The molecule has 220 valence electrons. The molecule has 2 heterocycles. The zero-order valence-electron chi connectivity index (χ0n) is 23.0. The minimum Gasteiger partial charge on any atom is -0.464 e. The van der Waals surface area contributed by atoms with E-state index in [-0.39, 0.29) is 24.5 Å². The van der Waals surface area contributed by atoms with Crippen molar-refractivity contribution < 1.29 is 32.0 Å². The monoisotopic (exact) mass is 585 g/mol. The van der Waals surface area contributed by atoms with Crippen molar-refractivity contribution in [3.8, 4) is 0 Å². The van der Waals surface area contributed by atoms with Gasteiger partial charge in [-0.1, -0.05) is 36.8 Å². The molecular weight excluding hydrogens is 550 g/mol. The first-order chi connectivity index (χ1) is 18.6. The predicted octanol–water partition coefficient (Wildman–Crippen LogP) is 4.49. The topological polar surface area (TPSA) is 146 Å². The number of carbonyl (C=O) groups excluding carboxylic acids is 1. The third-order valence-corrected chi connectivity index (χ3v) is 8.02. The Labute approximate surface area is 230 Å². The Morgan fingerprint density at radius 3 is 2.48 bits per heavy atom. The van der Waals surface area contributed by atoms with Gasteiger partial charge in [0, 0.05) is 0 Å². The van der Waals surface area contributed by atoms with Gasteiger partial charge in [0.05, 0.1) is 25.6 Å². The summed E-state index contributed by atoms with van der Waals surface area (Å²) < 4.78 is 69.5. The summed E-state index contributed by atoms with van der Waals surface area (Å²) in [5.74, 6) is -0.563. The third-order valence-electron chi connectivity index (χ3n) is 5.91. The molecule has 15 heteroatoms. The summed E-state index contributed by atoms with van der Waals surface area (Å²) in [6, 6.07) is 3.39. The maximum absolute atomic E-state index is 14.3. The normalized spacial score (nSPS) is 15.5. The van der Waals surface area contributed by atoms with E-state index in [0.29, 0.717) is 17.6 Å². The molecule has 0 aliphatic rings. The Morgan fingerprint density at radius 1 is 1.18 bits per heavy atom. The van der Waals surface area contributed by atoms with Gasteiger partial charge < -0.3 is 19.8 Å². The number of nitrogens with one attached hydrogen (secondary N) is 2. The molecule has 11 nitrogen and oxygen atoms in total. The van der Waals surface area contributed by atoms with Gasteiger partial charge in [-0.3, -0.25) is 9.36 Å². The first-order valence-corrected chi connectivity index (χ1v) is 14.5. The van der Waals surface area contributed by atoms with E-state index in [1.165, 1.54) is 50.8 Å². The lowest BCUT2D eigenvalue weighted by Gasteiger charge is -2.34. The minimum absolute atomic E-state index is 0.108. The number of fused-ring (bicyclic) bond motifs is 1. The van der Waals surface area contributed by atoms with Crippen LogP contribution in [-0.2, 0) is 25.4 Å². The van der Waals surface area contributed by atoms with E-state index in [4.69, 9.17) is 15.2 Å². The lowest BCUT2D eigenvalue weighted by atomic mass is 10.1. The molecule has 0 saturated heterocycles. The average molecular weight is 586 g/mol. The number of rotatable bonds is 13. The molecular formula is C25H35F3N7O4P. The van der Waals surface area contributed by atoms with Crippen molar-refractivity contribution in [1.82, 2.24) is 29.7 Å². The van der Waals surface area contributed by atoms with Gasteiger partial charge in [0.2, 0.25) is 7.44 Å². The summed E-state index contributed by atoms with van der Waals surface area (Å²) >= 11 is 0. The van der Waals surface area contributed by atoms with Crippen molar-refractivity contribution >= 4 is 30.4 Å². The van der Waals surface area contributed by atoms with Crippen LogP contribution in [0, 0.1) is 6.92 Å². The SMILES string of the molecule is CCCOC(=O)C(C)(C)N[P@@](=O)(CO[C@H](C)Cn1cnc2c(N)ncnc21)N[C@H](c1ccc(C)cc1)C(F)(F)F. The summed E-state index contributed by atoms with van der Waals surface area (Å²) in [6.45, 7) is 8.26. The molecule has 0 spiro atoms. The second kappa shape index (κ2) is 12.6. The Morgan fingerprint density at radius 2 is 1.85 bits per heavy atom. The number of hydrogen-bond acceptors (Lipinski definition) is 8. The number of nitrogen functional groups attached to an aromatic ring is 1.